The maximum absolute atomic E-state index is 8.52. The Bertz CT molecular complexity index is 341. The molecule has 98 valence electrons. The molecule has 0 atom stereocenters. The summed E-state index contributed by atoms with van der Waals surface area (Å²) in [6.07, 6.45) is 0. The average Bonchev–Trinajstić information content (AvgIpc) is 1.41. The fourth-order valence-electron chi connectivity index (χ4n) is 0. The molecule has 17 heteroatoms. The zero-order valence-corrected chi connectivity index (χ0v) is 17.3. The molecule has 0 heterocycles. The molecule has 0 saturated carbocycles. The molecule has 0 aliphatic rings. The first-order chi connectivity index (χ1) is 6.00. The summed E-state index contributed by atoms with van der Waals surface area (Å²) in [6, 6.07) is 0. The number of hydrogen-bond donors (Lipinski definition) is 0. The van der Waals surface area contributed by atoms with Gasteiger partial charge in [0.05, 0.1) is 0 Å². The third-order valence-corrected chi connectivity index (χ3v) is 0. The predicted octanol–water partition coefficient (Wildman–Crippen LogP) is -4.78. The van der Waals surface area contributed by atoms with Gasteiger partial charge in [-0.15, -0.1) is 0 Å². The quantitative estimate of drug-likeness (QED) is 0.131. The molecule has 0 spiro atoms. The predicted molar refractivity (Wildman–Crippen MR) is 42.9 cm³/mol. The van der Waals surface area contributed by atoms with Gasteiger partial charge in [0, 0.05) is 31.2 Å². The monoisotopic (exact) mass is 704 g/mol. The topological polar surface area (TPSA) is 241 Å². The molecular weight excluding hydrogens is 703 g/mol. The number of rotatable bonds is 0. The van der Waals surface area contributed by atoms with Gasteiger partial charge in [0.1, 0.15) is 0 Å². The van der Waals surface area contributed by atoms with E-state index in [1.807, 2.05) is 0 Å². The molecule has 0 N–H and O–H groups in total. The van der Waals surface area contributed by atoms with E-state index in [0.717, 1.165) is 0 Å². The molecule has 0 fully saturated rings. The van der Waals surface area contributed by atoms with E-state index in [-0.39, 0.29) is 54.6 Å². The smallest absolute Gasteiger partial charge is 0.759 e. The summed E-state index contributed by atoms with van der Waals surface area (Å²) in [7, 11) is -15.5. The van der Waals surface area contributed by atoms with Gasteiger partial charge in [0.25, 0.3) is 0 Å². The van der Waals surface area contributed by atoms with Crippen LogP contribution in [0.3, 0.4) is 0 Å². The summed E-state index contributed by atoms with van der Waals surface area (Å²) in [4.78, 5) is 0. The molecule has 0 bridgehead atoms. The molecule has 0 aromatic carbocycles. The van der Waals surface area contributed by atoms with E-state index in [0.29, 0.717) is 0 Å². The molecule has 0 unspecified atom stereocenters. The second kappa shape index (κ2) is 12.5. The normalized spacial score (nSPS) is 10.2. The summed E-state index contributed by atoms with van der Waals surface area (Å²) in [5.74, 6) is 0. The van der Waals surface area contributed by atoms with Gasteiger partial charge in [-0.05, 0) is 0 Å². The molecule has 17 heavy (non-hydrogen) atoms. The van der Waals surface area contributed by atoms with Gasteiger partial charge < -0.3 is 27.3 Å². The van der Waals surface area contributed by atoms with Crippen LogP contribution in [0.5, 0.6) is 0 Å². The van der Waals surface area contributed by atoms with Crippen LogP contribution < -0.4 is 0 Å². The van der Waals surface area contributed by atoms with Crippen molar-refractivity contribution in [2.24, 2.45) is 0 Å². The van der Waals surface area contributed by atoms with Crippen molar-refractivity contribution in [3.63, 3.8) is 0 Å². The molecule has 12 nitrogen and oxygen atoms in total. The minimum atomic E-state index is -5.17. The Morgan fingerprint density at radius 2 is 0.412 bits per heavy atom. The first kappa shape index (κ1) is 31.1. The Morgan fingerprint density at radius 3 is 0.412 bits per heavy atom. The van der Waals surface area contributed by atoms with Gasteiger partial charge in [0.2, 0.25) is 0 Å². The van der Waals surface area contributed by atoms with Crippen molar-refractivity contribution >= 4 is 85.8 Å². The minimum Gasteiger partial charge on any atom is -0.759 e. The summed E-state index contributed by atoms with van der Waals surface area (Å²) < 4.78 is 102. The van der Waals surface area contributed by atoms with Gasteiger partial charge in [-0.1, -0.05) is 0 Å². The first-order valence-electron chi connectivity index (χ1n) is 2.00. The van der Waals surface area contributed by atoms with E-state index in [1.54, 1.807) is 0 Å². The van der Waals surface area contributed by atoms with E-state index in [2.05, 4.69) is 0 Å². The SMILES string of the molecule is O=S(=O)([O-])[O-].O=S(=O)([O-])[O-].O=S(=O)([O-])[O-].[Pb+3].[Pb+3]. The van der Waals surface area contributed by atoms with Crippen LogP contribution in [-0.4, -0.2) is 107 Å². The van der Waals surface area contributed by atoms with Crippen LogP contribution in [0.1, 0.15) is 0 Å². The van der Waals surface area contributed by atoms with E-state index in [1.165, 1.54) is 0 Å². The van der Waals surface area contributed by atoms with Crippen LogP contribution in [-0.2, 0) is 31.2 Å². The zero-order chi connectivity index (χ0) is 13.5. The van der Waals surface area contributed by atoms with Gasteiger partial charge in [-0.2, -0.15) is 0 Å². The van der Waals surface area contributed by atoms with Crippen molar-refractivity contribution in [3.05, 3.63) is 0 Å². The van der Waals surface area contributed by atoms with Crippen molar-refractivity contribution in [2.45, 2.75) is 0 Å². The summed E-state index contributed by atoms with van der Waals surface area (Å²) in [5, 5.41) is 0. The second-order valence-electron chi connectivity index (χ2n) is 1.22. The van der Waals surface area contributed by atoms with Gasteiger partial charge in [-0.3, -0.25) is 25.3 Å². The van der Waals surface area contributed by atoms with Crippen LogP contribution in [0.15, 0.2) is 0 Å². The maximum Gasteiger partial charge on any atom is 3.00 e. The molecule has 0 aromatic rings. The summed E-state index contributed by atoms with van der Waals surface area (Å²) in [6.45, 7) is 0. The summed E-state index contributed by atoms with van der Waals surface area (Å²) >= 11 is 0. The Hall–Kier alpha value is 1.45. The Balaban J connectivity index is -0.0000000400. The fraction of sp³-hybridized carbons (Fsp3) is 0. The van der Waals surface area contributed by atoms with Crippen LogP contribution in [0.25, 0.3) is 0 Å². The molecule has 0 aliphatic carbocycles. The van der Waals surface area contributed by atoms with Gasteiger partial charge >= 0.3 is 54.6 Å². The molecule has 0 aromatic heterocycles. The van der Waals surface area contributed by atoms with E-state index in [9.17, 15) is 0 Å². The largest absolute Gasteiger partial charge is 3.00 e. The Labute approximate surface area is 137 Å². The average molecular weight is 703 g/mol. The molecule has 2 radical (unpaired) electrons. The van der Waals surface area contributed by atoms with E-state index >= 15 is 0 Å². The Morgan fingerprint density at radius 1 is 0.412 bits per heavy atom. The minimum absolute atomic E-state index is 0. The Kier molecular flexibility index (Phi) is 22.8. The van der Waals surface area contributed by atoms with Crippen molar-refractivity contribution < 1.29 is 52.6 Å². The van der Waals surface area contributed by atoms with Crippen LogP contribution in [0.4, 0.5) is 0 Å². The second-order valence-corrected chi connectivity index (χ2v) is 3.67. The van der Waals surface area contributed by atoms with E-state index in [4.69, 9.17) is 52.6 Å². The molecule has 0 rings (SSSR count). The van der Waals surface area contributed by atoms with Crippen LogP contribution in [0, 0.1) is 0 Å². The van der Waals surface area contributed by atoms with E-state index < -0.39 is 31.2 Å². The van der Waals surface area contributed by atoms with Crippen molar-refractivity contribution in [3.8, 4) is 0 Å². The number of hydrogen-bond acceptors (Lipinski definition) is 12. The first-order valence-corrected chi connectivity index (χ1v) is 6.00. The fourth-order valence-corrected chi connectivity index (χ4v) is 0. The van der Waals surface area contributed by atoms with Gasteiger partial charge in [0.15, 0.2) is 0 Å². The van der Waals surface area contributed by atoms with Crippen LogP contribution in [0.2, 0.25) is 0 Å². The standard InChI is InChI=1S/3H2O4S.2Pb/c3*1-5(2,3)4;;/h3*(H2,1,2,3,4);;/q;;;2*+3/p-6. The van der Waals surface area contributed by atoms with Crippen molar-refractivity contribution in [1.29, 1.82) is 0 Å². The molecule has 0 amide bonds. The third-order valence-electron chi connectivity index (χ3n) is 0. The zero-order valence-electron chi connectivity index (χ0n) is 7.12. The van der Waals surface area contributed by atoms with Crippen molar-refractivity contribution in [2.75, 3.05) is 0 Å². The molecular formula is O12Pb2S3. The molecule has 0 saturated heterocycles. The maximum atomic E-state index is 8.52. The van der Waals surface area contributed by atoms with Crippen molar-refractivity contribution in [1.82, 2.24) is 0 Å². The van der Waals surface area contributed by atoms with Crippen LogP contribution >= 0.6 is 0 Å². The third kappa shape index (κ3) is 1970. The van der Waals surface area contributed by atoms with Gasteiger partial charge in [-0.25, -0.2) is 0 Å². The molecule has 0 aliphatic heterocycles. The summed E-state index contributed by atoms with van der Waals surface area (Å²) in [5.41, 5.74) is 0.